The Hall–Kier alpha value is -3.01. The number of nitrogens with zero attached hydrogens (tertiary/aromatic N) is 1. The Bertz CT molecular complexity index is 1320. The van der Waals surface area contributed by atoms with Crippen LogP contribution in [0.3, 0.4) is 0 Å². The summed E-state index contributed by atoms with van der Waals surface area (Å²) in [5.74, 6) is -0.226. The van der Waals surface area contributed by atoms with Gasteiger partial charge in [-0.2, -0.15) is 4.31 Å². The topological polar surface area (TPSA) is 108 Å². The number of carbonyl (C=O) groups is 2. The molecule has 0 spiro atoms. The predicted octanol–water partition coefficient (Wildman–Crippen LogP) is 3.33. The number of aryl methyl sites for hydroxylation is 2. The van der Waals surface area contributed by atoms with Crippen molar-refractivity contribution >= 4 is 27.4 Å². The van der Waals surface area contributed by atoms with E-state index < -0.39 is 22.0 Å². The highest BCUT2D eigenvalue weighted by Gasteiger charge is 2.40. The molecule has 8 nitrogen and oxygen atoms in total. The van der Waals surface area contributed by atoms with Gasteiger partial charge in [0, 0.05) is 19.6 Å². The zero-order chi connectivity index (χ0) is 28.2. The van der Waals surface area contributed by atoms with E-state index in [9.17, 15) is 18.0 Å². The van der Waals surface area contributed by atoms with Crippen LogP contribution in [0.1, 0.15) is 61.4 Å². The summed E-state index contributed by atoms with van der Waals surface area (Å²) < 4.78 is 27.9. The number of rotatable bonds is 10. The highest BCUT2D eigenvalue weighted by atomic mass is 32.2. The molecular formula is C30H40N4O4S. The summed E-state index contributed by atoms with van der Waals surface area (Å²) in [5.41, 5.74) is 5.32. The van der Waals surface area contributed by atoms with Gasteiger partial charge in [-0.3, -0.25) is 9.59 Å². The maximum absolute atomic E-state index is 13.4. The molecule has 0 bridgehead atoms. The lowest BCUT2D eigenvalue weighted by Gasteiger charge is -2.34. The van der Waals surface area contributed by atoms with E-state index >= 15 is 0 Å². The van der Waals surface area contributed by atoms with E-state index in [4.69, 9.17) is 0 Å². The van der Waals surface area contributed by atoms with E-state index in [0.29, 0.717) is 5.92 Å². The number of carbonyl (C=O) groups excluding carboxylic acids is 2. The van der Waals surface area contributed by atoms with Crippen molar-refractivity contribution in [2.24, 2.45) is 5.92 Å². The third-order valence-electron chi connectivity index (χ3n) is 7.38. The van der Waals surface area contributed by atoms with Crippen LogP contribution >= 0.6 is 0 Å². The molecule has 2 atom stereocenters. The van der Waals surface area contributed by atoms with Gasteiger partial charge >= 0.3 is 0 Å². The van der Waals surface area contributed by atoms with Crippen LogP contribution in [0.15, 0.2) is 53.9 Å². The summed E-state index contributed by atoms with van der Waals surface area (Å²) in [7, 11) is -3.93. The van der Waals surface area contributed by atoms with Crippen LogP contribution < -0.4 is 16.0 Å². The molecule has 3 N–H and O–H groups in total. The molecule has 2 aromatic carbocycles. The lowest BCUT2D eigenvalue weighted by Crippen LogP contribution is -2.58. The maximum Gasteiger partial charge on any atom is 0.243 e. The molecule has 39 heavy (non-hydrogen) atoms. The molecule has 4 rings (SSSR count). The van der Waals surface area contributed by atoms with Gasteiger partial charge in [-0.05, 0) is 73.0 Å². The second-order valence-corrected chi connectivity index (χ2v) is 12.9. The van der Waals surface area contributed by atoms with Gasteiger partial charge in [0.1, 0.15) is 6.04 Å². The van der Waals surface area contributed by atoms with Crippen molar-refractivity contribution in [2.75, 3.05) is 26.2 Å². The minimum absolute atomic E-state index is 0.116. The van der Waals surface area contributed by atoms with Gasteiger partial charge < -0.3 is 16.0 Å². The van der Waals surface area contributed by atoms with Crippen LogP contribution in [-0.2, 0) is 26.0 Å². The Morgan fingerprint density at radius 1 is 1.18 bits per heavy atom. The smallest absolute Gasteiger partial charge is 0.243 e. The molecular weight excluding hydrogens is 512 g/mol. The first-order valence-corrected chi connectivity index (χ1v) is 15.2. The number of nitrogens with one attached hydrogen (secondary N) is 3. The molecule has 9 heteroatoms. The van der Waals surface area contributed by atoms with Crippen LogP contribution in [0, 0.1) is 12.8 Å². The number of fused-ring (bicyclic) bond motifs is 1. The normalized spacial score (nSPS) is 19.8. The Labute approximate surface area is 232 Å². The van der Waals surface area contributed by atoms with E-state index in [1.54, 1.807) is 12.1 Å². The second-order valence-electron chi connectivity index (χ2n) is 11.0. The van der Waals surface area contributed by atoms with Crippen LogP contribution in [0.5, 0.6) is 0 Å². The van der Waals surface area contributed by atoms with Crippen LogP contribution in [-0.4, -0.2) is 56.8 Å². The average molecular weight is 553 g/mol. The molecule has 0 aromatic heterocycles. The molecule has 0 saturated carbocycles. The van der Waals surface area contributed by atoms with Crippen molar-refractivity contribution < 1.29 is 18.0 Å². The lowest BCUT2D eigenvalue weighted by atomic mass is 9.85. The predicted molar refractivity (Wildman–Crippen MR) is 153 cm³/mol. The van der Waals surface area contributed by atoms with E-state index in [-0.39, 0.29) is 36.4 Å². The molecule has 1 heterocycles. The number of piperazine rings is 1. The van der Waals surface area contributed by atoms with Crippen molar-refractivity contribution in [1.82, 2.24) is 20.3 Å². The van der Waals surface area contributed by atoms with Gasteiger partial charge in [0.15, 0.2) is 0 Å². The van der Waals surface area contributed by atoms with Crippen molar-refractivity contribution in [2.45, 2.75) is 63.4 Å². The lowest BCUT2D eigenvalue weighted by molar-refractivity contribution is -0.132. The third-order valence-corrected chi connectivity index (χ3v) is 9.30. The summed E-state index contributed by atoms with van der Waals surface area (Å²) in [5, 5.41) is 9.23. The van der Waals surface area contributed by atoms with E-state index in [1.165, 1.54) is 17.7 Å². The Morgan fingerprint density at radius 3 is 2.64 bits per heavy atom. The number of amides is 2. The van der Waals surface area contributed by atoms with E-state index in [1.807, 2.05) is 13.0 Å². The van der Waals surface area contributed by atoms with Crippen molar-refractivity contribution in [3.63, 3.8) is 0 Å². The third kappa shape index (κ3) is 6.96. The fourth-order valence-corrected chi connectivity index (χ4v) is 6.84. The SMILES string of the molecule is C=C(CNCC(C)C)c1ccc2c(c1)CCC[C@H]2NC(=O)CC1C(=O)NCCN1S(=O)(=O)c1ccc(C)cc1. The van der Waals surface area contributed by atoms with Gasteiger partial charge in [0.05, 0.1) is 17.4 Å². The Morgan fingerprint density at radius 2 is 1.92 bits per heavy atom. The number of benzene rings is 2. The Balaban J connectivity index is 1.45. The van der Waals surface area contributed by atoms with Gasteiger partial charge in [-0.25, -0.2) is 8.42 Å². The van der Waals surface area contributed by atoms with Gasteiger partial charge in [-0.1, -0.05) is 56.3 Å². The zero-order valence-electron chi connectivity index (χ0n) is 23.1. The second kappa shape index (κ2) is 12.4. The first-order chi connectivity index (χ1) is 18.6. The average Bonchev–Trinajstić information content (AvgIpc) is 2.89. The summed E-state index contributed by atoms with van der Waals surface area (Å²) in [6.07, 6.45) is 2.41. The zero-order valence-corrected chi connectivity index (χ0v) is 23.9. The van der Waals surface area contributed by atoms with Crippen LogP contribution in [0.25, 0.3) is 5.57 Å². The number of hydrogen-bond acceptors (Lipinski definition) is 5. The van der Waals surface area contributed by atoms with E-state index in [0.717, 1.165) is 58.9 Å². The maximum atomic E-state index is 13.4. The molecule has 2 aromatic rings. The molecule has 1 saturated heterocycles. The first-order valence-electron chi connectivity index (χ1n) is 13.7. The highest BCUT2D eigenvalue weighted by molar-refractivity contribution is 7.89. The fraction of sp³-hybridized carbons (Fsp3) is 0.467. The molecule has 1 fully saturated rings. The van der Waals surface area contributed by atoms with Crippen LogP contribution in [0.4, 0.5) is 0 Å². The fourth-order valence-electron chi connectivity index (χ4n) is 5.25. The number of hydrogen-bond donors (Lipinski definition) is 3. The van der Waals surface area contributed by atoms with Gasteiger partial charge in [0.2, 0.25) is 21.8 Å². The summed E-state index contributed by atoms with van der Waals surface area (Å²) in [6.45, 7) is 12.4. The van der Waals surface area contributed by atoms with Gasteiger partial charge in [0.25, 0.3) is 0 Å². The number of sulfonamides is 1. The molecule has 2 aliphatic rings. The molecule has 2 amide bonds. The van der Waals surface area contributed by atoms with Crippen molar-refractivity contribution in [3.8, 4) is 0 Å². The highest BCUT2D eigenvalue weighted by Crippen LogP contribution is 2.32. The molecule has 0 radical (unpaired) electrons. The molecule has 1 aliphatic heterocycles. The monoisotopic (exact) mass is 552 g/mol. The van der Waals surface area contributed by atoms with Crippen molar-refractivity contribution in [1.29, 1.82) is 0 Å². The summed E-state index contributed by atoms with van der Waals surface area (Å²) >= 11 is 0. The molecule has 1 aliphatic carbocycles. The summed E-state index contributed by atoms with van der Waals surface area (Å²) in [4.78, 5) is 26.1. The quantitative estimate of drug-likeness (QED) is 0.419. The Kier molecular flexibility index (Phi) is 9.25. The largest absolute Gasteiger partial charge is 0.353 e. The summed E-state index contributed by atoms with van der Waals surface area (Å²) in [6, 6.07) is 11.5. The minimum atomic E-state index is -3.93. The minimum Gasteiger partial charge on any atom is -0.353 e. The molecule has 1 unspecified atom stereocenters. The van der Waals surface area contributed by atoms with Crippen molar-refractivity contribution in [3.05, 3.63) is 71.3 Å². The first kappa shape index (κ1) is 29.0. The van der Waals surface area contributed by atoms with Gasteiger partial charge in [-0.15, -0.1) is 0 Å². The standard InChI is InChI=1S/C30H40N4O4S/c1-20(2)18-31-19-22(4)23-10-13-26-24(16-23)6-5-7-27(26)33-29(35)17-28-30(36)32-14-15-34(28)39(37,38)25-11-8-21(3)9-12-25/h8-13,16,20,27-28,31H,4-7,14-15,17-19H2,1-3H3,(H,32,36)(H,33,35)/t27-,28?/m1/s1. The molecule has 210 valence electrons. The van der Waals surface area contributed by atoms with Crippen LogP contribution in [0.2, 0.25) is 0 Å². The van der Waals surface area contributed by atoms with E-state index in [2.05, 4.69) is 48.5 Å².